The Morgan fingerprint density at radius 1 is 1.20 bits per heavy atom. The molecule has 0 amide bonds. The number of hydrogen-bond acceptors (Lipinski definition) is 3. The van der Waals surface area contributed by atoms with Gasteiger partial charge < -0.3 is 7.59 Å². The standard InChI is InChI=1S/C10H18O3.2Na.2H/c1-8(2)6-4-5-7-10(12)13-9(3)11;;;;/h8H,4-7H2,1-3H3;;;;/q;2*+1;2*-1. The van der Waals surface area contributed by atoms with Crippen LogP contribution in [0.2, 0.25) is 0 Å². The van der Waals surface area contributed by atoms with E-state index in [-0.39, 0.29) is 62.0 Å². The molecule has 0 saturated carbocycles. The Morgan fingerprint density at radius 2 is 1.73 bits per heavy atom. The van der Waals surface area contributed by atoms with Gasteiger partial charge in [-0.1, -0.05) is 26.7 Å². The summed E-state index contributed by atoms with van der Waals surface area (Å²) >= 11 is 0. The summed E-state index contributed by atoms with van der Waals surface area (Å²) in [6.45, 7) is 5.54. The maximum atomic E-state index is 10.9. The third-order valence-electron chi connectivity index (χ3n) is 1.67. The van der Waals surface area contributed by atoms with Gasteiger partial charge in [0.15, 0.2) is 0 Å². The monoisotopic (exact) mass is 234 g/mol. The second-order valence-electron chi connectivity index (χ2n) is 3.61. The average Bonchev–Trinajstić information content (AvgIpc) is 1.96. The molecule has 15 heavy (non-hydrogen) atoms. The van der Waals surface area contributed by atoms with Gasteiger partial charge in [-0.05, 0) is 12.3 Å². The number of carbonyl (C=O) groups is 2. The molecule has 0 aromatic heterocycles. The van der Waals surface area contributed by atoms with Gasteiger partial charge in [-0.2, -0.15) is 0 Å². The van der Waals surface area contributed by atoms with E-state index in [0.29, 0.717) is 12.3 Å². The first-order valence-electron chi connectivity index (χ1n) is 4.73. The summed E-state index contributed by atoms with van der Waals surface area (Å²) in [7, 11) is 0. The normalized spacial score (nSPS) is 8.80. The zero-order valence-electron chi connectivity index (χ0n) is 12.6. The predicted molar refractivity (Wildman–Crippen MR) is 52.3 cm³/mol. The second-order valence-corrected chi connectivity index (χ2v) is 3.61. The van der Waals surface area contributed by atoms with E-state index in [2.05, 4.69) is 18.6 Å². The largest absolute Gasteiger partial charge is 1.00 e. The van der Waals surface area contributed by atoms with Crippen molar-refractivity contribution in [2.75, 3.05) is 0 Å². The zero-order chi connectivity index (χ0) is 10.3. The van der Waals surface area contributed by atoms with E-state index in [9.17, 15) is 9.59 Å². The summed E-state index contributed by atoms with van der Waals surface area (Å²) in [5.74, 6) is -0.256. The van der Waals surface area contributed by atoms with Crippen LogP contribution in [0.25, 0.3) is 0 Å². The number of rotatable bonds is 5. The molecule has 80 valence electrons. The first kappa shape index (κ1) is 21.4. The summed E-state index contributed by atoms with van der Waals surface area (Å²) in [5.41, 5.74) is 0. The number of esters is 2. The molecule has 0 fully saturated rings. The molecular formula is C10H20Na2O3. The Labute approximate surface area is 139 Å². The van der Waals surface area contributed by atoms with Crippen molar-refractivity contribution in [1.29, 1.82) is 0 Å². The molecule has 5 heteroatoms. The smallest absolute Gasteiger partial charge is 1.00 e. The molecule has 0 atom stereocenters. The minimum Gasteiger partial charge on any atom is -1.00 e. The van der Waals surface area contributed by atoms with Crippen molar-refractivity contribution in [2.24, 2.45) is 5.92 Å². The fraction of sp³-hybridized carbons (Fsp3) is 0.800. The van der Waals surface area contributed by atoms with E-state index in [0.717, 1.165) is 19.3 Å². The predicted octanol–water partition coefficient (Wildman–Crippen LogP) is -3.47. The van der Waals surface area contributed by atoms with Crippen LogP contribution < -0.4 is 59.1 Å². The van der Waals surface area contributed by atoms with Crippen molar-refractivity contribution >= 4 is 11.9 Å². The molecule has 0 saturated heterocycles. The molecule has 0 radical (unpaired) electrons. The van der Waals surface area contributed by atoms with Gasteiger partial charge in [-0.3, -0.25) is 9.59 Å². The van der Waals surface area contributed by atoms with Crippen molar-refractivity contribution < 1.29 is 76.3 Å². The van der Waals surface area contributed by atoms with E-state index < -0.39 is 11.9 Å². The van der Waals surface area contributed by atoms with Crippen LogP contribution in [0.5, 0.6) is 0 Å². The molecule has 0 unspecified atom stereocenters. The van der Waals surface area contributed by atoms with Crippen LogP contribution in [0.1, 0.15) is 49.3 Å². The SMILES string of the molecule is CC(=O)OC(=O)CCCCC(C)C.[H-].[H-].[Na+].[Na+]. The number of carbonyl (C=O) groups excluding carboxylic acids is 2. The molecule has 3 nitrogen and oxygen atoms in total. The third kappa shape index (κ3) is 17.7. The Hall–Kier alpha value is 1.14. The maximum Gasteiger partial charge on any atom is 1.00 e. The van der Waals surface area contributed by atoms with Crippen molar-refractivity contribution in [3.05, 3.63) is 0 Å². The first-order chi connectivity index (χ1) is 6.02. The molecular weight excluding hydrogens is 214 g/mol. The molecule has 0 spiro atoms. The summed E-state index contributed by atoms with van der Waals surface area (Å²) in [6.07, 6.45) is 3.30. The summed E-state index contributed by atoms with van der Waals surface area (Å²) < 4.78 is 4.38. The van der Waals surface area contributed by atoms with Gasteiger partial charge in [0, 0.05) is 13.3 Å². The quantitative estimate of drug-likeness (QED) is 0.215. The fourth-order valence-electron chi connectivity index (χ4n) is 1.03. The van der Waals surface area contributed by atoms with Crippen LogP contribution in [-0.4, -0.2) is 11.9 Å². The molecule has 0 bridgehead atoms. The first-order valence-corrected chi connectivity index (χ1v) is 4.73. The second kappa shape index (κ2) is 13.2. The minimum absolute atomic E-state index is 0. The molecule has 0 rings (SSSR count). The summed E-state index contributed by atoms with van der Waals surface area (Å²) in [5, 5.41) is 0. The molecule has 0 aliphatic carbocycles. The van der Waals surface area contributed by atoms with Crippen LogP contribution >= 0.6 is 0 Å². The van der Waals surface area contributed by atoms with Crippen LogP contribution in [0.4, 0.5) is 0 Å². The Kier molecular flexibility index (Phi) is 18.9. The van der Waals surface area contributed by atoms with Crippen molar-refractivity contribution in [2.45, 2.75) is 46.5 Å². The van der Waals surface area contributed by atoms with E-state index >= 15 is 0 Å². The molecule has 0 aromatic rings. The van der Waals surface area contributed by atoms with Gasteiger partial charge in [0.2, 0.25) is 0 Å². The molecule has 0 aromatic carbocycles. The molecule has 0 aliphatic heterocycles. The van der Waals surface area contributed by atoms with Crippen molar-refractivity contribution in [1.82, 2.24) is 0 Å². The summed E-state index contributed by atoms with van der Waals surface area (Å²) in [6, 6.07) is 0. The van der Waals surface area contributed by atoms with Crippen LogP contribution in [-0.2, 0) is 14.3 Å². The fourth-order valence-corrected chi connectivity index (χ4v) is 1.03. The van der Waals surface area contributed by atoms with Gasteiger partial charge in [0.1, 0.15) is 0 Å². The number of hydrogen-bond donors (Lipinski definition) is 0. The van der Waals surface area contributed by atoms with Gasteiger partial charge >= 0.3 is 71.1 Å². The van der Waals surface area contributed by atoms with Gasteiger partial charge in [0.25, 0.3) is 0 Å². The van der Waals surface area contributed by atoms with Gasteiger partial charge in [0.05, 0.1) is 0 Å². The van der Waals surface area contributed by atoms with E-state index in [4.69, 9.17) is 0 Å². The Bertz CT molecular complexity index is 190. The van der Waals surface area contributed by atoms with Crippen LogP contribution in [0, 0.1) is 5.92 Å². The Morgan fingerprint density at radius 3 is 2.13 bits per heavy atom. The van der Waals surface area contributed by atoms with E-state index in [1.54, 1.807) is 0 Å². The number of unbranched alkanes of at least 4 members (excludes halogenated alkanes) is 1. The maximum absolute atomic E-state index is 10.9. The van der Waals surface area contributed by atoms with Crippen molar-refractivity contribution in [3.8, 4) is 0 Å². The molecule has 0 aliphatic rings. The average molecular weight is 234 g/mol. The van der Waals surface area contributed by atoms with Gasteiger partial charge in [-0.25, -0.2) is 0 Å². The molecule has 0 N–H and O–H groups in total. The van der Waals surface area contributed by atoms with Crippen LogP contribution in [0.15, 0.2) is 0 Å². The van der Waals surface area contributed by atoms with E-state index in [1.807, 2.05) is 0 Å². The Balaban J connectivity index is -0.000000120. The van der Waals surface area contributed by atoms with Gasteiger partial charge in [-0.15, -0.1) is 0 Å². The van der Waals surface area contributed by atoms with Crippen LogP contribution in [0.3, 0.4) is 0 Å². The topological polar surface area (TPSA) is 43.4 Å². The third-order valence-corrected chi connectivity index (χ3v) is 1.67. The molecule has 0 heterocycles. The zero-order valence-corrected chi connectivity index (χ0v) is 14.6. The van der Waals surface area contributed by atoms with Crippen molar-refractivity contribution in [3.63, 3.8) is 0 Å². The minimum atomic E-state index is -0.520. The van der Waals surface area contributed by atoms with E-state index in [1.165, 1.54) is 6.92 Å². The number of ether oxygens (including phenoxy) is 1. The summed E-state index contributed by atoms with van der Waals surface area (Å²) in [4.78, 5) is 21.2.